The van der Waals surface area contributed by atoms with E-state index in [2.05, 4.69) is 12.1 Å². The van der Waals surface area contributed by atoms with Gasteiger partial charge in [0.25, 0.3) is 0 Å². The molecule has 2 heterocycles. The van der Waals surface area contributed by atoms with Crippen LogP contribution in [-0.4, -0.2) is 50.1 Å². The van der Waals surface area contributed by atoms with E-state index in [1.165, 1.54) is 5.56 Å². The lowest BCUT2D eigenvalue weighted by atomic mass is 9.98. The number of hydrogen-bond donors (Lipinski definition) is 0. The lowest BCUT2D eigenvalue weighted by molar-refractivity contribution is -0.134. The Bertz CT molecular complexity index is 912. The molecule has 4 rings (SSSR count). The molecule has 0 aromatic heterocycles. The Morgan fingerprint density at radius 3 is 2.60 bits per heavy atom. The Kier molecular flexibility index (Phi) is 5.93. The third-order valence-corrected chi connectivity index (χ3v) is 6.02. The summed E-state index contributed by atoms with van der Waals surface area (Å²) in [4.78, 5) is 29.5. The lowest BCUT2D eigenvalue weighted by Crippen LogP contribution is -2.36. The highest BCUT2D eigenvalue weighted by Crippen LogP contribution is 2.35. The van der Waals surface area contributed by atoms with Gasteiger partial charge in [0, 0.05) is 32.0 Å². The maximum Gasteiger partial charge on any atom is 0.228 e. The highest BCUT2D eigenvalue weighted by atomic mass is 16.5. The van der Waals surface area contributed by atoms with E-state index in [4.69, 9.17) is 9.47 Å². The molecule has 30 heavy (non-hydrogen) atoms. The van der Waals surface area contributed by atoms with Crippen molar-refractivity contribution >= 4 is 17.5 Å². The second kappa shape index (κ2) is 8.78. The van der Waals surface area contributed by atoms with Crippen LogP contribution in [0.4, 0.5) is 5.69 Å². The molecule has 2 unspecified atom stereocenters. The first kappa shape index (κ1) is 20.3. The standard InChI is InChI=1S/C24H28N2O4/c1-3-30-22-7-5-4-6-21(22)26-16-19(14-23(26)27)24(28)25-13-12-18(15-25)17-8-10-20(29-2)11-9-17/h4-11,18-19H,3,12-16H2,1-2H3. The number of likely N-dealkylation sites (tertiary alicyclic amines) is 1. The molecule has 2 aliphatic rings. The van der Waals surface area contributed by atoms with Crippen molar-refractivity contribution < 1.29 is 19.1 Å². The predicted molar refractivity (Wildman–Crippen MR) is 115 cm³/mol. The first-order valence-corrected chi connectivity index (χ1v) is 10.6. The van der Waals surface area contributed by atoms with E-state index in [0.29, 0.717) is 31.4 Å². The predicted octanol–water partition coefficient (Wildman–Crippen LogP) is 3.46. The molecule has 0 aliphatic carbocycles. The number of ether oxygens (including phenoxy) is 2. The number of hydrogen-bond acceptors (Lipinski definition) is 4. The van der Waals surface area contributed by atoms with Crippen LogP contribution in [0.5, 0.6) is 11.5 Å². The second-order valence-electron chi connectivity index (χ2n) is 7.85. The number of carbonyl (C=O) groups excluding carboxylic acids is 2. The van der Waals surface area contributed by atoms with Crippen LogP contribution in [0.3, 0.4) is 0 Å². The number of nitrogens with zero attached hydrogens (tertiary/aromatic N) is 2. The molecule has 0 bridgehead atoms. The minimum atomic E-state index is -0.304. The van der Waals surface area contributed by atoms with E-state index < -0.39 is 0 Å². The maximum atomic E-state index is 13.2. The molecule has 2 fully saturated rings. The van der Waals surface area contributed by atoms with Gasteiger partial charge in [0.15, 0.2) is 0 Å². The van der Waals surface area contributed by atoms with Crippen LogP contribution in [0.15, 0.2) is 48.5 Å². The van der Waals surface area contributed by atoms with Crippen molar-refractivity contribution in [3.8, 4) is 11.5 Å². The monoisotopic (exact) mass is 408 g/mol. The number of para-hydroxylation sites is 2. The largest absolute Gasteiger partial charge is 0.497 e. The zero-order valence-corrected chi connectivity index (χ0v) is 17.5. The van der Waals surface area contributed by atoms with Gasteiger partial charge in [0.1, 0.15) is 11.5 Å². The third-order valence-electron chi connectivity index (χ3n) is 6.02. The van der Waals surface area contributed by atoms with Crippen molar-refractivity contribution in [2.24, 2.45) is 5.92 Å². The van der Waals surface area contributed by atoms with E-state index in [-0.39, 0.29) is 24.2 Å². The van der Waals surface area contributed by atoms with Crippen LogP contribution >= 0.6 is 0 Å². The summed E-state index contributed by atoms with van der Waals surface area (Å²) in [5.74, 6) is 1.60. The minimum Gasteiger partial charge on any atom is -0.497 e. The first-order chi connectivity index (χ1) is 14.6. The van der Waals surface area contributed by atoms with Crippen LogP contribution in [0, 0.1) is 5.92 Å². The highest BCUT2D eigenvalue weighted by Gasteiger charge is 2.40. The molecule has 0 spiro atoms. The molecule has 0 radical (unpaired) electrons. The Balaban J connectivity index is 1.42. The third kappa shape index (κ3) is 3.99. The van der Waals surface area contributed by atoms with Crippen LogP contribution in [-0.2, 0) is 9.59 Å². The van der Waals surface area contributed by atoms with E-state index in [1.807, 2.05) is 48.2 Å². The van der Waals surface area contributed by atoms with Gasteiger partial charge in [-0.2, -0.15) is 0 Å². The maximum absolute atomic E-state index is 13.2. The summed E-state index contributed by atoms with van der Waals surface area (Å²) in [6.07, 6.45) is 1.19. The van der Waals surface area contributed by atoms with Crippen molar-refractivity contribution in [3.63, 3.8) is 0 Å². The van der Waals surface area contributed by atoms with Gasteiger partial charge in [0.2, 0.25) is 11.8 Å². The fourth-order valence-electron chi connectivity index (χ4n) is 4.43. The van der Waals surface area contributed by atoms with Crippen molar-refractivity contribution in [2.75, 3.05) is 38.3 Å². The molecular formula is C24H28N2O4. The normalized spacial score (nSPS) is 21.2. The van der Waals surface area contributed by atoms with E-state index in [9.17, 15) is 9.59 Å². The van der Waals surface area contributed by atoms with E-state index in [0.717, 1.165) is 24.4 Å². The van der Waals surface area contributed by atoms with Crippen molar-refractivity contribution in [1.82, 2.24) is 4.90 Å². The number of anilines is 1. The quantitative estimate of drug-likeness (QED) is 0.735. The summed E-state index contributed by atoms with van der Waals surface area (Å²) in [7, 11) is 1.66. The highest BCUT2D eigenvalue weighted by molar-refractivity contribution is 6.01. The Hall–Kier alpha value is -3.02. The molecule has 158 valence electrons. The first-order valence-electron chi connectivity index (χ1n) is 10.6. The zero-order valence-electron chi connectivity index (χ0n) is 17.5. The summed E-state index contributed by atoms with van der Waals surface area (Å²) >= 11 is 0. The summed E-state index contributed by atoms with van der Waals surface area (Å²) in [5.41, 5.74) is 1.97. The topological polar surface area (TPSA) is 59.1 Å². The Morgan fingerprint density at radius 2 is 1.87 bits per heavy atom. The SMILES string of the molecule is CCOc1ccccc1N1CC(C(=O)N2CCC(c3ccc(OC)cc3)C2)CC1=O. The van der Waals surface area contributed by atoms with Crippen LogP contribution in [0.25, 0.3) is 0 Å². The molecule has 6 heteroatoms. The summed E-state index contributed by atoms with van der Waals surface area (Å²) in [6, 6.07) is 15.6. The molecule has 2 aliphatic heterocycles. The van der Waals surface area contributed by atoms with Crippen molar-refractivity contribution in [3.05, 3.63) is 54.1 Å². The second-order valence-corrected chi connectivity index (χ2v) is 7.85. The van der Waals surface area contributed by atoms with Gasteiger partial charge in [-0.3, -0.25) is 9.59 Å². The van der Waals surface area contributed by atoms with E-state index in [1.54, 1.807) is 12.0 Å². The molecule has 0 saturated carbocycles. The van der Waals surface area contributed by atoms with Gasteiger partial charge in [-0.1, -0.05) is 24.3 Å². The average Bonchev–Trinajstić information content (AvgIpc) is 3.41. The van der Waals surface area contributed by atoms with Gasteiger partial charge in [-0.05, 0) is 43.2 Å². The smallest absolute Gasteiger partial charge is 0.228 e. The summed E-state index contributed by atoms with van der Waals surface area (Å²) in [5, 5.41) is 0. The number of amides is 2. The summed E-state index contributed by atoms with van der Waals surface area (Å²) < 4.78 is 10.9. The number of carbonyl (C=O) groups is 2. The van der Waals surface area contributed by atoms with Gasteiger partial charge in [-0.25, -0.2) is 0 Å². The van der Waals surface area contributed by atoms with Crippen LogP contribution in [0.1, 0.15) is 31.2 Å². The fourth-order valence-corrected chi connectivity index (χ4v) is 4.43. The van der Waals surface area contributed by atoms with Crippen molar-refractivity contribution in [1.29, 1.82) is 0 Å². The van der Waals surface area contributed by atoms with Gasteiger partial charge in [-0.15, -0.1) is 0 Å². The Morgan fingerprint density at radius 1 is 1.10 bits per heavy atom. The van der Waals surface area contributed by atoms with Crippen LogP contribution < -0.4 is 14.4 Å². The molecule has 2 amide bonds. The van der Waals surface area contributed by atoms with Gasteiger partial charge < -0.3 is 19.3 Å². The minimum absolute atomic E-state index is 0.0218. The van der Waals surface area contributed by atoms with Gasteiger partial charge in [0.05, 0.1) is 25.3 Å². The summed E-state index contributed by atoms with van der Waals surface area (Å²) in [6.45, 7) is 4.29. The molecule has 2 aromatic rings. The lowest BCUT2D eigenvalue weighted by Gasteiger charge is -2.22. The molecule has 0 N–H and O–H groups in total. The fraction of sp³-hybridized carbons (Fsp3) is 0.417. The van der Waals surface area contributed by atoms with Crippen LogP contribution in [0.2, 0.25) is 0 Å². The number of methoxy groups -OCH3 is 1. The number of benzene rings is 2. The molecule has 2 aromatic carbocycles. The Labute approximate surface area is 177 Å². The average molecular weight is 408 g/mol. The molecular weight excluding hydrogens is 380 g/mol. The molecule has 2 saturated heterocycles. The number of rotatable bonds is 6. The van der Waals surface area contributed by atoms with Gasteiger partial charge >= 0.3 is 0 Å². The zero-order chi connectivity index (χ0) is 21.1. The molecule has 2 atom stereocenters. The molecule has 6 nitrogen and oxygen atoms in total. The van der Waals surface area contributed by atoms with E-state index >= 15 is 0 Å². The van der Waals surface area contributed by atoms with Crippen molar-refractivity contribution in [2.45, 2.75) is 25.7 Å².